The van der Waals surface area contributed by atoms with Crippen molar-refractivity contribution < 1.29 is 4.79 Å². The molecule has 0 fully saturated rings. The third-order valence-corrected chi connectivity index (χ3v) is 3.81. The van der Waals surface area contributed by atoms with Gasteiger partial charge in [0.2, 0.25) is 0 Å². The highest BCUT2D eigenvalue weighted by Gasteiger charge is 2.14. The quantitative estimate of drug-likeness (QED) is 0.594. The number of pyridine rings is 1. The van der Waals surface area contributed by atoms with E-state index in [-0.39, 0.29) is 11.6 Å². The zero-order valence-corrected chi connectivity index (χ0v) is 13.6. The van der Waals surface area contributed by atoms with Gasteiger partial charge in [-0.15, -0.1) is 5.10 Å². The van der Waals surface area contributed by atoms with Crippen molar-refractivity contribution in [3.63, 3.8) is 0 Å². The van der Waals surface area contributed by atoms with Crippen LogP contribution < -0.4 is 5.32 Å². The zero-order chi connectivity index (χ0) is 17.8. The largest absolute Gasteiger partial charge is 0.286 e. The standard InChI is InChI=1S/C19H14N6O/c26-18(21-19-22-24-25-23-19)17-12-15(13-7-3-1-4-8-13)11-16(20-17)14-9-5-2-6-10-14/h1-12H,(H2,21,22,23,24,25,26). The summed E-state index contributed by atoms with van der Waals surface area (Å²) < 4.78 is 0. The lowest BCUT2D eigenvalue weighted by Gasteiger charge is -2.09. The Morgan fingerprint density at radius 3 is 2.19 bits per heavy atom. The molecule has 0 spiro atoms. The summed E-state index contributed by atoms with van der Waals surface area (Å²) in [5, 5.41) is 15.8. The van der Waals surface area contributed by atoms with Crippen molar-refractivity contribution in [3.8, 4) is 22.4 Å². The van der Waals surface area contributed by atoms with Gasteiger partial charge in [-0.2, -0.15) is 5.21 Å². The Kier molecular flexibility index (Phi) is 4.17. The summed E-state index contributed by atoms with van der Waals surface area (Å²) in [6.07, 6.45) is 0. The molecule has 0 aliphatic rings. The first kappa shape index (κ1) is 15.6. The fourth-order valence-electron chi connectivity index (χ4n) is 2.58. The second-order valence-electron chi connectivity index (χ2n) is 5.55. The maximum atomic E-state index is 12.6. The molecule has 0 aliphatic heterocycles. The number of amides is 1. The number of H-pyrrole nitrogens is 1. The Hall–Kier alpha value is -3.87. The molecule has 0 aliphatic carbocycles. The highest BCUT2D eigenvalue weighted by molar-refractivity contribution is 6.03. The van der Waals surface area contributed by atoms with Gasteiger partial charge < -0.3 is 0 Å². The van der Waals surface area contributed by atoms with Crippen LogP contribution in [-0.2, 0) is 0 Å². The van der Waals surface area contributed by atoms with E-state index in [4.69, 9.17) is 0 Å². The molecule has 0 atom stereocenters. The zero-order valence-electron chi connectivity index (χ0n) is 13.6. The van der Waals surface area contributed by atoms with Crippen LogP contribution in [0.4, 0.5) is 5.95 Å². The molecule has 0 unspecified atom stereocenters. The average molecular weight is 342 g/mol. The van der Waals surface area contributed by atoms with Gasteiger partial charge in [-0.25, -0.2) is 4.98 Å². The highest BCUT2D eigenvalue weighted by atomic mass is 16.2. The number of tetrazole rings is 1. The number of nitrogens with zero attached hydrogens (tertiary/aromatic N) is 4. The van der Waals surface area contributed by atoms with Crippen molar-refractivity contribution in [2.75, 3.05) is 5.32 Å². The van der Waals surface area contributed by atoms with Crippen LogP contribution in [0.5, 0.6) is 0 Å². The average Bonchev–Trinajstić information content (AvgIpc) is 3.22. The molecule has 7 nitrogen and oxygen atoms in total. The number of carbonyl (C=O) groups is 1. The van der Waals surface area contributed by atoms with E-state index >= 15 is 0 Å². The van der Waals surface area contributed by atoms with Crippen molar-refractivity contribution >= 4 is 11.9 Å². The molecule has 0 radical (unpaired) electrons. The van der Waals surface area contributed by atoms with Gasteiger partial charge in [-0.3, -0.25) is 10.1 Å². The molecule has 7 heteroatoms. The molecule has 4 rings (SSSR count). The van der Waals surface area contributed by atoms with Gasteiger partial charge >= 0.3 is 0 Å². The van der Waals surface area contributed by atoms with Crippen molar-refractivity contribution in [3.05, 3.63) is 78.5 Å². The first-order valence-electron chi connectivity index (χ1n) is 7.97. The molecule has 126 valence electrons. The number of aromatic nitrogens is 5. The van der Waals surface area contributed by atoms with E-state index in [1.807, 2.05) is 66.7 Å². The molecule has 2 heterocycles. The van der Waals surface area contributed by atoms with E-state index in [0.717, 1.165) is 16.7 Å². The van der Waals surface area contributed by atoms with Crippen LogP contribution >= 0.6 is 0 Å². The van der Waals surface area contributed by atoms with Gasteiger partial charge in [0.15, 0.2) is 0 Å². The molecule has 0 saturated heterocycles. The summed E-state index contributed by atoms with van der Waals surface area (Å²) in [6.45, 7) is 0. The number of hydrogen-bond acceptors (Lipinski definition) is 5. The van der Waals surface area contributed by atoms with Gasteiger partial charge in [0.1, 0.15) is 5.69 Å². The van der Waals surface area contributed by atoms with Crippen molar-refractivity contribution in [2.24, 2.45) is 0 Å². The monoisotopic (exact) mass is 342 g/mol. The van der Waals surface area contributed by atoms with E-state index < -0.39 is 5.91 Å². The third kappa shape index (κ3) is 3.32. The summed E-state index contributed by atoms with van der Waals surface area (Å²) in [7, 11) is 0. The van der Waals surface area contributed by atoms with E-state index in [1.54, 1.807) is 6.07 Å². The molecule has 1 amide bonds. The second-order valence-corrected chi connectivity index (χ2v) is 5.55. The minimum absolute atomic E-state index is 0.100. The molecule has 2 N–H and O–H groups in total. The number of anilines is 1. The number of carbonyl (C=O) groups excluding carboxylic acids is 1. The molecular weight excluding hydrogens is 328 g/mol. The summed E-state index contributed by atoms with van der Waals surface area (Å²) in [4.78, 5) is 17.1. The van der Waals surface area contributed by atoms with E-state index in [0.29, 0.717) is 5.69 Å². The Bertz CT molecular complexity index is 959. The molecule has 2 aromatic heterocycles. The van der Waals surface area contributed by atoms with Crippen LogP contribution in [0.1, 0.15) is 10.5 Å². The lowest BCUT2D eigenvalue weighted by atomic mass is 10.0. The number of aromatic amines is 1. The minimum Gasteiger partial charge on any atom is -0.286 e. The van der Waals surface area contributed by atoms with E-state index in [2.05, 4.69) is 30.9 Å². The fourth-order valence-corrected chi connectivity index (χ4v) is 2.58. The van der Waals surface area contributed by atoms with Crippen LogP contribution in [-0.4, -0.2) is 31.5 Å². The Labute approximate surface area is 149 Å². The predicted octanol–water partition coefficient (Wildman–Crippen LogP) is 3.18. The number of hydrogen-bond donors (Lipinski definition) is 2. The SMILES string of the molecule is O=C(Nc1nn[nH]n1)c1cc(-c2ccccc2)cc(-c2ccccc2)n1. The minimum atomic E-state index is -0.402. The number of nitrogens with one attached hydrogen (secondary N) is 2. The first-order chi connectivity index (χ1) is 12.8. The maximum Gasteiger partial charge on any atom is 0.276 e. The van der Waals surface area contributed by atoms with E-state index in [9.17, 15) is 4.79 Å². The van der Waals surface area contributed by atoms with Gasteiger partial charge in [-0.1, -0.05) is 65.8 Å². The second kappa shape index (κ2) is 6.94. The van der Waals surface area contributed by atoms with Crippen LogP contribution in [0.2, 0.25) is 0 Å². The van der Waals surface area contributed by atoms with Gasteiger partial charge in [-0.05, 0) is 28.5 Å². The summed E-state index contributed by atoms with van der Waals surface area (Å²) >= 11 is 0. The van der Waals surface area contributed by atoms with Crippen LogP contribution in [0.3, 0.4) is 0 Å². The van der Waals surface area contributed by atoms with Crippen LogP contribution in [0.25, 0.3) is 22.4 Å². The molecule has 0 bridgehead atoms. The Morgan fingerprint density at radius 1 is 0.846 bits per heavy atom. The van der Waals surface area contributed by atoms with E-state index in [1.165, 1.54) is 0 Å². The van der Waals surface area contributed by atoms with Gasteiger partial charge in [0, 0.05) is 5.56 Å². The first-order valence-corrected chi connectivity index (χ1v) is 7.97. The molecule has 4 aromatic rings. The van der Waals surface area contributed by atoms with Gasteiger partial charge in [0.05, 0.1) is 5.69 Å². The molecule has 2 aromatic carbocycles. The van der Waals surface area contributed by atoms with Crippen LogP contribution in [0.15, 0.2) is 72.8 Å². The fraction of sp³-hybridized carbons (Fsp3) is 0. The Balaban J connectivity index is 1.79. The number of benzene rings is 2. The molecule has 0 saturated carbocycles. The summed E-state index contributed by atoms with van der Waals surface area (Å²) in [6, 6.07) is 23.3. The maximum absolute atomic E-state index is 12.6. The topological polar surface area (TPSA) is 96.5 Å². The Morgan fingerprint density at radius 2 is 1.54 bits per heavy atom. The van der Waals surface area contributed by atoms with Crippen molar-refractivity contribution in [2.45, 2.75) is 0 Å². The van der Waals surface area contributed by atoms with Crippen molar-refractivity contribution in [1.29, 1.82) is 0 Å². The van der Waals surface area contributed by atoms with Crippen LogP contribution in [0, 0.1) is 0 Å². The lowest BCUT2D eigenvalue weighted by molar-refractivity contribution is 0.102. The third-order valence-electron chi connectivity index (χ3n) is 3.81. The molecule has 26 heavy (non-hydrogen) atoms. The molecular formula is C19H14N6O. The smallest absolute Gasteiger partial charge is 0.276 e. The highest BCUT2D eigenvalue weighted by Crippen LogP contribution is 2.26. The lowest BCUT2D eigenvalue weighted by Crippen LogP contribution is -2.15. The summed E-state index contributed by atoms with van der Waals surface area (Å²) in [5.41, 5.74) is 3.82. The van der Waals surface area contributed by atoms with Gasteiger partial charge in [0.25, 0.3) is 11.9 Å². The predicted molar refractivity (Wildman–Crippen MR) is 97.2 cm³/mol. The summed E-state index contributed by atoms with van der Waals surface area (Å²) in [5.74, 6) is -0.301. The normalized spacial score (nSPS) is 10.5. The van der Waals surface area contributed by atoms with Crippen molar-refractivity contribution in [1.82, 2.24) is 25.6 Å². The number of rotatable bonds is 4.